The summed E-state index contributed by atoms with van der Waals surface area (Å²) in [5.41, 5.74) is 0. The standard InChI is InChI=1S/C5H13NO5S2/c1-2-3-4-5-12(7,8)6-13(9,10)11/h6H,2-5H2,1H3,(H,9,10,11). The summed E-state index contributed by atoms with van der Waals surface area (Å²) in [4.78, 5) is 0. The van der Waals surface area contributed by atoms with Crippen LogP contribution >= 0.6 is 0 Å². The molecule has 0 aromatic rings. The molecule has 0 spiro atoms. The Hall–Kier alpha value is -0.180. The van der Waals surface area contributed by atoms with Crippen molar-refractivity contribution in [2.75, 3.05) is 5.75 Å². The van der Waals surface area contributed by atoms with Gasteiger partial charge in [-0.05, 0) is 6.42 Å². The summed E-state index contributed by atoms with van der Waals surface area (Å²) in [7, 11) is -8.56. The summed E-state index contributed by atoms with van der Waals surface area (Å²) in [6.45, 7) is 1.89. The van der Waals surface area contributed by atoms with Gasteiger partial charge >= 0.3 is 10.3 Å². The second-order valence-corrected chi connectivity index (χ2v) is 5.84. The van der Waals surface area contributed by atoms with Crippen molar-refractivity contribution in [1.82, 2.24) is 4.13 Å². The predicted molar refractivity (Wildman–Crippen MR) is 48.0 cm³/mol. The lowest BCUT2D eigenvalue weighted by Crippen LogP contribution is -2.31. The molecule has 0 aliphatic rings. The van der Waals surface area contributed by atoms with E-state index in [2.05, 4.69) is 0 Å². The van der Waals surface area contributed by atoms with Gasteiger partial charge in [-0.15, -0.1) is 0 Å². The van der Waals surface area contributed by atoms with Gasteiger partial charge in [-0.3, -0.25) is 4.55 Å². The van der Waals surface area contributed by atoms with Gasteiger partial charge in [0.1, 0.15) is 0 Å². The Morgan fingerprint density at radius 3 is 2.08 bits per heavy atom. The fourth-order valence-electron chi connectivity index (χ4n) is 0.744. The van der Waals surface area contributed by atoms with Crippen LogP contribution in [0.5, 0.6) is 0 Å². The average molecular weight is 231 g/mol. The van der Waals surface area contributed by atoms with Gasteiger partial charge in [0.05, 0.1) is 5.75 Å². The average Bonchev–Trinajstić information content (AvgIpc) is 1.81. The van der Waals surface area contributed by atoms with Gasteiger partial charge < -0.3 is 0 Å². The summed E-state index contributed by atoms with van der Waals surface area (Å²) in [6, 6.07) is 0. The first-order chi connectivity index (χ1) is 5.77. The van der Waals surface area contributed by atoms with Crippen LogP contribution in [0.2, 0.25) is 0 Å². The Bertz CT molecular complexity index is 330. The van der Waals surface area contributed by atoms with Gasteiger partial charge in [-0.2, -0.15) is 8.42 Å². The first-order valence-corrected chi connectivity index (χ1v) is 6.85. The van der Waals surface area contributed by atoms with Crippen LogP contribution in [0, 0.1) is 0 Å². The third-order valence-electron chi connectivity index (χ3n) is 1.25. The highest BCUT2D eigenvalue weighted by molar-refractivity contribution is 8.02. The third-order valence-corrected chi connectivity index (χ3v) is 3.93. The maximum Gasteiger partial charge on any atom is 0.346 e. The van der Waals surface area contributed by atoms with Crippen LogP contribution in [0.1, 0.15) is 26.2 Å². The largest absolute Gasteiger partial charge is 0.346 e. The Balaban J connectivity index is 4.12. The number of hydrogen-bond acceptors (Lipinski definition) is 4. The molecule has 8 heteroatoms. The molecule has 0 atom stereocenters. The maximum atomic E-state index is 10.9. The van der Waals surface area contributed by atoms with Crippen molar-refractivity contribution >= 4 is 20.3 Å². The molecule has 0 bridgehead atoms. The van der Waals surface area contributed by atoms with E-state index in [0.717, 1.165) is 10.5 Å². The zero-order valence-corrected chi connectivity index (χ0v) is 8.86. The smallest absolute Gasteiger partial charge is 0.273 e. The first kappa shape index (κ1) is 12.8. The van der Waals surface area contributed by atoms with Crippen LogP contribution in [0.25, 0.3) is 0 Å². The molecule has 0 saturated carbocycles. The van der Waals surface area contributed by atoms with Crippen molar-refractivity contribution in [2.24, 2.45) is 0 Å². The molecular formula is C5H13NO5S2. The third kappa shape index (κ3) is 8.16. The van der Waals surface area contributed by atoms with Crippen LogP contribution < -0.4 is 4.13 Å². The van der Waals surface area contributed by atoms with Crippen molar-refractivity contribution in [3.8, 4) is 0 Å². The molecule has 0 aliphatic heterocycles. The van der Waals surface area contributed by atoms with Gasteiger partial charge in [0.25, 0.3) is 0 Å². The van der Waals surface area contributed by atoms with E-state index in [1.54, 1.807) is 0 Å². The molecular weight excluding hydrogens is 218 g/mol. The summed E-state index contributed by atoms with van der Waals surface area (Å²) >= 11 is 0. The molecule has 0 rings (SSSR count). The van der Waals surface area contributed by atoms with Crippen molar-refractivity contribution in [1.29, 1.82) is 0 Å². The first-order valence-electron chi connectivity index (χ1n) is 3.75. The van der Waals surface area contributed by atoms with E-state index in [1.165, 1.54) is 0 Å². The summed E-state index contributed by atoms with van der Waals surface area (Å²) in [5, 5.41) is 0. The number of sulfonamides is 1. The monoisotopic (exact) mass is 231 g/mol. The van der Waals surface area contributed by atoms with E-state index in [-0.39, 0.29) is 5.75 Å². The van der Waals surface area contributed by atoms with Gasteiger partial charge in [0.15, 0.2) is 0 Å². The molecule has 0 aromatic carbocycles. The van der Waals surface area contributed by atoms with Crippen molar-refractivity contribution in [3.05, 3.63) is 0 Å². The van der Waals surface area contributed by atoms with Crippen LogP contribution in [0.4, 0.5) is 0 Å². The number of nitrogens with one attached hydrogen (secondary N) is 1. The lowest BCUT2D eigenvalue weighted by Gasteiger charge is -2.02. The lowest BCUT2D eigenvalue weighted by molar-refractivity contribution is 0.477. The number of rotatable bonds is 6. The minimum Gasteiger partial charge on any atom is -0.273 e. The molecule has 0 saturated heterocycles. The molecule has 2 N–H and O–H groups in total. The van der Waals surface area contributed by atoms with E-state index in [1.807, 2.05) is 6.92 Å². The van der Waals surface area contributed by atoms with Gasteiger partial charge in [-0.25, -0.2) is 8.42 Å². The Labute approximate surface area is 78.3 Å². The van der Waals surface area contributed by atoms with E-state index in [0.29, 0.717) is 12.8 Å². The summed E-state index contributed by atoms with van der Waals surface area (Å²) in [6.07, 6.45) is 1.91. The predicted octanol–water partition coefficient (Wildman–Crippen LogP) is -0.101. The topological polar surface area (TPSA) is 101 Å². The highest BCUT2D eigenvalue weighted by atomic mass is 32.3. The van der Waals surface area contributed by atoms with Crippen LogP contribution in [-0.4, -0.2) is 27.1 Å². The van der Waals surface area contributed by atoms with Crippen molar-refractivity contribution < 1.29 is 21.4 Å². The highest BCUT2D eigenvalue weighted by Gasteiger charge is 2.16. The maximum absolute atomic E-state index is 10.9. The minimum atomic E-state index is -4.66. The van der Waals surface area contributed by atoms with Crippen molar-refractivity contribution in [2.45, 2.75) is 26.2 Å². The second kappa shape index (κ2) is 4.89. The lowest BCUT2D eigenvalue weighted by atomic mass is 10.3. The molecule has 80 valence electrons. The van der Waals surface area contributed by atoms with Crippen LogP contribution in [0.15, 0.2) is 0 Å². The van der Waals surface area contributed by atoms with E-state index < -0.39 is 20.3 Å². The quantitative estimate of drug-likeness (QED) is 0.491. The Morgan fingerprint density at radius 1 is 1.15 bits per heavy atom. The zero-order chi connectivity index (χ0) is 10.5. The van der Waals surface area contributed by atoms with E-state index in [9.17, 15) is 16.8 Å². The Morgan fingerprint density at radius 2 is 1.69 bits per heavy atom. The molecule has 0 fully saturated rings. The van der Waals surface area contributed by atoms with E-state index in [4.69, 9.17) is 4.55 Å². The van der Waals surface area contributed by atoms with Gasteiger partial charge in [0, 0.05) is 0 Å². The number of unbranched alkanes of at least 4 members (excludes halogenated alkanes) is 2. The fraction of sp³-hybridized carbons (Fsp3) is 1.00. The minimum absolute atomic E-state index is 0.291. The molecule has 6 nitrogen and oxygen atoms in total. The zero-order valence-electron chi connectivity index (χ0n) is 7.23. The highest BCUT2D eigenvalue weighted by Crippen LogP contribution is 1.98. The summed E-state index contributed by atoms with van der Waals surface area (Å²) < 4.78 is 51.4. The normalized spacial score (nSPS) is 13.1. The molecule has 13 heavy (non-hydrogen) atoms. The van der Waals surface area contributed by atoms with Crippen LogP contribution in [-0.2, 0) is 20.3 Å². The second-order valence-electron chi connectivity index (χ2n) is 2.58. The SMILES string of the molecule is CCCCCS(=O)(=O)NS(=O)(=O)O. The molecule has 0 amide bonds. The molecule has 0 radical (unpaired) electrons. The molecule has 0 heterocycles. The molecule has 0 aliphatic carbocycles. The number of hydrogen-bond donors (Lipinski definition) is 2. The fourth-order valence-corrected chi connectivity index (χ4v) is 2.95. The molecule has 0 unspecified atom stereocenters. The van der Waals surface area contributed by atoms with E-state index >= 15 is 0 Å². The molecule has 0 aromatic heterocycles. The van der Waals surface area contributed by atoms with Crippen LogP contribution in [0.3, 0.4) is 0 Å². The van der Waals surface area contributed by atoms with Crippen molar-refractivity contribution in [3.63, 3.8) is 0 Å². The Kier molecular flexibility index (Phi) is 4.82. The van der Waals surface area contributed by atoms with Gasteiger partial charge in [0.2, 0.25) is 10.0 Å². The van der Waals surface area contributed by atoms with Gasteiger partial charge in [-0.1, -0.05) is 23.9 Å². The summed E-state index contributed by atoms with van der Waals surface area (Å²) in [5.74, 6) is -0.291.